The van der Waals surface area contributed by atoms with Gasteiger partial charge in [0.05, 0.1) is 17.9 Å². The number of fused-ring (bicyclic) bond motifs is 3. The van der Waals surface area contributed by atoms with E-state index in [-0.39, 0.29) is 0 Å². The van der Waals surface area contributed by atoms with E-state index in [4.69, 9.17) is 0 Å². The second-order valence-electron chi connectivity index (χ2n) is 3.70. The predicted octanol–water partition coefficient (Wildman–Crippen LogP) is 1.22. The summed E-state index contributed by atoms with van der Waals surface area (Å²) in [5.74, 6) is 0.684. The summed E-state index contributed by atoms with van der Waals surface area (Å²) >= 11 is 0. The van der Waals surface area contributed by atoms with Crippen LogP contribution in [0.2, 0.25) is 0 Å². The summed E-state index contributed by atoms with van der Waals surface area (Å²) in [6.07, 6.45) is 5.21. The molecule has 3 N–H and O–H groups in total. The molecule has 0 aliphatic carbocycles. The second kappa shape index (κ2) is 2.91. The Balaban J connectivity index is 2.09. The average molecular weight is 225 g/mol. The molecule has 0 saturated heterocycles. The van der Waals surface area contributed by atoms with Crippen molar-refractivity contribution in [3.63, 3.8) is 0 Å². The van der Waals surface area contributed by atoms with Crippen LogP contribution in [-0.2, 0) is 0 Å². The third-order valence-corrected chi connectivity index (χ3v) is 2.70. The minimum Gasteiger partial charge on any atom is -0.346 e. The van der Waals surface area contributed by atoms with Gasteiger partial charge in [-0.15, -0.1) is 0 Å². The molecule has 0 radical (unpaired) electrons. The van der Waals surface area contributed by atoms with Crippen LogP contribution in [0, 0.1) is 0 Å². The second-order valence-corrected chi connectivity index (χ2v) is 3.70. The molecule has 17 heavy (non-hydrogen) atoms. The van der Waals surface area contributed by atoms with Gasteiger partial charge >= 0.3 is 0 Å². The Kier molecular flexibility index (Phi) is 1.45. The number of H-pyrrole nitrogens is 3. The number of aromatic nitrogens is 7. The molecule has 7 heteroatoms. The summed E-state index contributed by atoms with van der Waals surface area (Å²) in [5.41, 5.74) is 3.29. The van der Waals surface area contributed by atoms with Gasteiger partial charge in [0.2, 0.25) is 0 Å². The van der Waals surface area contributed by atoms with Gasteiger partial charge in [0.1, 0.15) is 16.9 Å². The highest BCUT2D eigenvalue weighted by molar-refractivity contribution is 6.01. The maximum Gasteiger partial charge on any atom is 0.160 e. The lowest BCUT2D eigenvalue weighted by Crippen LogP contribution is -1.79. The zero-order chi connectivity index (χ0) is 11.2. The van der Waals surface area contributed by atoms with Gasteiger partial charge in [-0.25, -0.2) is 9.97 Å². The molecule has 0 saturated carbocycles. The smallest absolute Gasteiger partial charge is 0.160 e. The van der Waals surface area contributed by atoms with E-state index in [9.17, 15) is 0 Å². The van der Waals surface area contributed by atoms with E-state index in [1.807, 2.05) is 12.3 Å². The highest BCUT2D eigenvalue weighted by Crippen LogP contribution is 2.23. The molecule has 0 amide bonds. The molecular formula is C10H7N7. The van der Waals surface area contributed by atoms with Crippen molar-refractivity contribution in [2.45, 2.75) is 0 Å². The number of nitrogens with one attached hydrogen (secondary N) is 3. The van der Waals surface area contributed by atoms with Crippen molar-refractivity contribution in [2.75, 3.05) is 0 Å². The molecule has 0 aromatic carbocycles. The number of hydrogen-bond donors (Lipinski definition) is 3. The summed E-state index contributed by atoms with van der Waals surface area (Å²) in [6, 6.07) is 1.97. The Morgan fingerprint density at radius 1 is 1.18 bits per heavy atom. The van der Waals surface area contributed by atoms with E-state index in [1.54, 1.807) is 12.4 Å². The molecule has 4 rings (SSSR count). The van der Waals surface area contributed by atoms with Gasteiger partial charge < -0.3 is 9.97 Å². The van der Waals surface area contributed by atoms with Crippen molar-refractivity contribution in [3.05, 3.63) is 24.7 Å². The zero-order valence-corrected chi connectivity index (χ0v) is 8.60. The first-order valence-electron chi connectivity index (χ1n) is 5.10. The van der Waals surface area contributed by atoms with Crippen LogP contribution in [0.3, 0.4) is 0 Å². The van der Waals surface area contributed by atoms with E-state index in [0.717, 1.165) is 22.1 Å². The quantitative estimate of drug-likeness (QED) is 0.453. The molecule has 0 aliphatic rings. The van der Waals surface area contributed by atoms with Crippen molar-refractivity contribution in [1.29, 1.82) is 0 Å². The zero-order valence-electron chi connectivity index (χ0n) is 8.60. The van der Waals surface area contributed by atoms with Gasteiger partial charge in [-0.05, 0) is 6.07 Å². The van der Waals surface area contributed by atoms with Crippen LogP contribution in [0.5, 0.6) is 0 Å². The minimum atomic E-state index is 0.684. The van der Waals surface area contributed by atoms with E-state index in [2.05, 4.69) is 35.3 Å². The first kappa shape index (κ1) is 8.45. The van der Waals surface area contributed by atoms with Gasteiger partial charge in [-0.2, -0.15) is 15.4 Å². The van der Waals surface area contributed by atoms with Crippen LogP contribution in [-0.4, -0.2) is 35.3 Å². The summed E-state index contributed by atoms with van der Waals surface area (Å²) in [4.78, 5) is 15.0. The van der Waals surface area contributed by atoms with Gasteiger partial charge in [-0.1, -0.05) is 0 Å². The fourth-order valence-electron chi connectivity index (χ4n) is 1.92. The molecule has 4 aromatic heterocycles. The third-order valence-electron chi connectivity index (χ3n) is 2.70. The van der Waals surface area contributed by atoms with Crippen LogP contribution in [0.15, 0.2) is 24.7 Å². The third kappa shape index (κ3) is 1.10. The first-order chi connectivity index (χ1) is 8.42. The Bertz CT molecular complexity index is 793. The summed E-state index contributed by atoms with van der Waals surface area (Å²) < 4.78 is 0. The van der Waals surface area contributed by atoms with Crippen molar-refractivity contribution >= 4 is 22.1 Å². The molecule has 0 spiro atoms. The highest BCUT2D eigenvalue weighted by atomic mass is 15.3. The van der Waals surface area contributed by atoms with Crippen LogP contribution >= 0.6 is 0 Å². The number of hydrogen-bond acceptors (Lipinski definition) is 4. The lowest BCUT2D eigenvalue weighted by atomic mass is 10.3. The first-order valence-corrected chi connectivity index (χ1v) is 5.10. The highest BCUT2D eigenvalue weighted by Gasteiger charge is 2.10. The lowest BCUT2D eigenvalue weighted by molar-refractivity contribution is 0.940. The van der Waals surface area contributed by atoms with E-state index >= 15 is 0 Å². The maximum atomic E-state index is 4.43. The molecule has 4 aromatic rings. The van der Waals surface area contributed by atoms with Crippen LogP contribution in [0.25, 0.3) is 33.6 Å². The average Bonchev–Trinajstić information content (AvgIpc) is 3.08. The predicted molar refractivity (Wildman–Crippen MR) is 61.1 cm³/mol. The fourth-order valence-corrected chi connectivity index (χ4v) is 1.92. The summed E-state index contributed by atoms with van der Waals surface area (Å²) in [5, 5.41) is 11.3. The molecule has 7 nitrogen and oxygen atoms in total. The summed E-state index contributed by atoms with van der Waals surface area (Å²) in [6.45, 7) is 0. The Hall–Kier alpha value is -2.70. The number of nitrogens with zero attached hydrogens (tertiary/aromatic N) is 4. The molecule has 82 valence electrons. The molecule has 0 aliphatic heterocycles. The number of rotatable bonds is 1. The number of imidazole rings is 1. The van der Waals surface area contributed by atoms with Gasteiger partial charge in [0.15, 0.2) is 5.82 Å². The van der Waals surface area contributed by atoms with E-state index in [1.165, 1.54) is 0 Å². The van der Waals surface area contributed by atoms with Crippen molar-refractivity contribution in [1.82, 2.24) is 35.3 Å². The van der Waals surface area contributed by atoms with Crippen LogP contribution < -0.4 is 0 Å². The normalized spacial score (nSPS) is 11.5. The number of pyridine rings is 1. The number of aromatic amines is 3. The Morgan fingerprint density at radius 3 is 3.06 bits per heavy atom. The lowest BCUT2D eigenvalue weighted by Gasteiger charge is -1.89. The van der Waals surface area contributed by atoms with Gasteiger partial charge in [0, 0.05) is 11.6 Å². The Morgan fingerprint density at radius 2 is 2.18 bits per heavy atom. The molecule has 4 heterocycles. The van der Waals surface area contributed by atoms with Crippen molar-refractivity contribution < 1.29 is 0 Å². The molecule has 0 unspecified atom stereocenters. The van der Waals surface area contributed by atoms with E-state index < -0.39 is 0 Å². The molecule has 0 bridgehead atoms. The standard InChI is InChI=1S/C10H7N7/c1-2-11-9-5(1)8-6(3-12-9)14-10(15-8)7-4-13-17-16-7/h1-4H,(H,11,12)(H,14,15)(H,13,16,17). The maximum absolute atomic E-state index is 4.43. The largest absolute Gasteiger partial charge is 0.346 e. The monoisotopic (exact) mass is 225 g/mol. The fraction of sp³-hybridized carbons (Fsp3) is 0. The van der Waals surface area contributed by atoms with Gasteiger partial charge in [-0.3, -0.25) is 0 Å². The van der Waals surface area contributed by atoms with E-state index in [0.29, 0.717) is 11.5 Å². The van der Waals surface area contributed by atoms with Gasteiger partial charge in [0.25, 0.3) is 0 Å². The molecule has 0 fully saturated rings. The Labute approximate surface area is 94.3 Å². The molecular weight excluding hydrogens is 218 g/mol. The van der Waals surface area contributed by atoms with Crippen LogP contribution in [0.4, 0.5) is 0 Å². The minimum absolute atomic E-state index is 0.684. The van der Waals surface area contributed by atoms with Crippen LogP contribution in [0.1, 0.15) is 0 Å². The topological polar surface area (TPSA) is 98.9 Å². The SMILES string of the molecule is c1cc2c(ncc3nc(-c4cn[nH]n4)[nH]c32)[nH]1. The van der Waals surface area contributed by atoms with Crippen molar-refractivity contribution in [3.8, 4) is 11.5 Å². The molecule has 0 atom stereocenters. The summed E-state index contributed by atoms with van der Waals surface area (Å²) in [7, 11) is 0. The van der Waals surface area contributed by atoms with Crippen molar-refractivity contribution in [2.24, 2.45) is 0 Å².